The monoisotopic (exact) mass is 213 g/mol. The normalized spacial score (nSPS) is 21.8. The first-order chi connectivity index (χ1) is 7.86. The molecular weight excluding hydrogens is 194 g/mol. The Morgan fingerprint density at radius 3 is 2.81 bits per heavy atom. The molecule has 1 aliphatic rings. The van der Waals surface area contributed by atoms with Crippen LogP contribution in [0.5, 0.6) is 0 Å². The van der Waals surface area contributed by atoms with Crippen LogP contribution in [0.2, 0.25) is 0 Å². The highest BCUT2D eigenvalue weighted by Crippen LogP contribution is 2.15. The van der Waals surface area contributed by atoms with Gasteiger partial charge in [0, 0.05) is 5.71 Å². The highest BCUT2D eigenvalue weighted by atomic mass is 14.8. The fourth-order valence-corrected chi connectivity index (χ4v) is 2.08. The Morgan fingerprint density at radius 2 is 2.00 bits per heavy atom. The van der Waals surface area contributed by atoms with Gasteiger partial charge >= 0.3 is 0 Å². The lowest BCUT2D eigenvalue weighted by molar-refractivity contribution is 0.658. The van der Waals surface area contributed by atoms with Crippen molar-refractivity contribution in [2.24, 2.45) is 4.99 Å². The van der Waals surface area contributed by atoms with E-state index in [0.29, 0.717) is 6.04 Å². The molecule has 0 aromatic heterocycles. The van der Waals surface area contributed by atoms with Crippen molar-refractivity contribution in [3.8, 4) is 0 Å². The second kappa shape index (κ2) is 5.64. The number of hydrogen-bond acceptors (Lipinski definition) is 1. The minimum Gasteiger partial charge on any atom is -0.282 e. The Bertz CT molecular complexity index is 376. The summed E-state index contributed by atoms with van der Waals surface area (Å²) in [5, 5.41) is 0. The van der Waals surface area contributed by atoms with Crippen LogP contribution in [0.15, 0.2) is 47.5 Å². The molecule has 16 heavy (non-hydrogen) atoms. The number of aliphatic imine (C=N–C) groups is 1. The summed E-state index contributed by atoms with van der Waals surface area (Å²) in [6.45, 7) is 2.11. The molecule has 0 N–H and O–H groups in total. The first-order valence-corrected chi connectivity index (χ1v) is 6.13. The maximum Gasteiger partial charge on any atom is 0.0683 e. The van der Waals surface area contributed by atoms with Crippen molar-refractivity contribution in [3.63, 3.8) is 0 Å². The summed E-state index contributed by atoms with van der Waals surface area (Å²) < 4.78 is 0. The van der Waals surface area contributed by atoms with Gasteiger partial charge in [0.15, 0.2) is 0 Å². The zero-order valence-corrected chi connectivity index (χ0v) is 9.89. The van der Waals surface area contributed by atoms with Gasteiger partial charge in [-0.2, -0.15) is 0 Å². The third-order valence-corrected chi connectivity index (χ3v) is 3.03. The van der Waals surface area contributed by atoms with Crippen LogP contribution in [0.25, 0.3) is 0 Å². The number of hydrogen-bond donors (Lipinski definition) is 0. The number of rotatable bonds is 2. The second-order valence-electron chi connectivity index (χ2n) is 4.36. The average Bonchev–Trinajstić information content (AvgIpc) is 2.59. The minimum absolute atomic E-state index is 0.391. The summed E-state index contributed by atoms with van der Waals surface area (Å²) in [6, 6.07) is 10.8. The molecule has 1 aliphatic carbocycles. The molecule has 0 fully saturated rings. The quantitative estimate of drug-likeness (QED) is 0.520. The molecule has 0 saturated carbocycles. The number of allylic oxidation sites excluding steroid dienone is 1. The predicted molar refractivity (Wildman–Crippen MR) is 70.0 cm³/mol. The van der Waals surface area contributed by atoms with Crippen LogP contribution in [0.1, 0.15) is 38.2 Å². The SMILES string of the molecule is CC(=NC1C=CCCCC1)c1ccccc1. The molecule has 2 rings (SSSR count). The maximum absolute atomic E-state index is 4.80. The zero-order valence-electron chi connectivity index (χ0n) is 9.89. The van der Waals surface area contributed by atoms with Crippen LogP contribution < -0.4 is 0 Å². The van der Waals surface area contributed by atoms with E-state index in [1.54, 1.807) is 0 Å². The molecule has 1 aromatic carbocycles. The minimum atomic E-state index is 0.391. The highest BCUT2D eigenvalue weighted by Gasteiger charge is 2.06. The molecular formula is C15H19N. The molecule has 0 saturated heterocycles. The van der Waals surface area contributed by atoms with Crippen LogP contribution in [-0.4, -0.2) is 11.8 Å². The first kappa shape index (κ1) is 11.1. The van der Waals surface area contributed by atoms with Crippen molar-refractivity contribution in [2.75, 3.05) is 0 Å². The smallest absolute Gasteiger partial charge is 0.0683 e. The van der Waals surface area contributed by atoms with Gasteiger partial charge in [0.05, 0.1) is 6.04 Å². The van der Waals surface area contributed by atoms with Gasteiger partial charge in [-0.3, -0.25) is 4.99 Å². The van der Waals surface area contributed by atoms with Crippen LogP contribution >= 0.6 is 0 Å². The predicted octanol–water partition coefficient (Wildman–Crippen LogP) is 3.99. The van der Waals surface area contributed by atoms with E-state index in [2.05, 4.69) is 43.3 Å². The largest absolute Gasteiger partial charge is 0.282 e. The van der Waals surface area contributed by atoms with Gasteiger partial charge in [0.25, 0.3) is 0 Å². The van der Waals surface area contributed by atoms with Gasteiger partial charge in [0.1, 0.15) is 0 Å². The molecule has 0 bridgehead atoms. The molecule has 84 valence electrons. The Hall–Kier alpha value is -1.37. The van der Waals surface area contributed by atoms with Crippen LogP contribution in [0.4, 0.5) is 0 Å². The van der Waals surface area contributed by atoms with Crippen molar-refractivity contribution in [3.05, 3.63) is 48.0 Å². The lowest BCUT2D eigenvalue weighted by Crippen LogP contribution is -2.04. The van der Waals surface area contributed by atoms with Gasteiger partial charge in [-0.1, -0.05) is 48.9 Å². The standard InChI is InChI=1S/C15H19N/c1-13(14-9-5-4-6-10-14)16-15-11-7-2-3-8-12-15/h4-7,9-11,15H,2-3,8,12H2,1H3. The van der Waals surface area contributed by atoms with Crippen molar-refractivity contribution < 1.29 is 0 Å². The van der Waals surface area contributed by atoms with Crippen LogP contribution in [0, 0.1) is 0 Å². The molecule has 0 radical (unpaired) electrons. The molecule has 1 nitrogen and oxygen atoms in total. The van der Waals surface area contributed by atoms with Crippen LogP contribution in [-0.2, 0) is 0 Å². The van der Waals surface area contributed by atoms with Gasteiger partial charge in [-0.05, 0) is 31.7 Å². The van der Waals surface area contributed by atoms with Gasteiger partial charge in [-0.25, -0.2) is 0 Å². The molecule has 0 amide bonds. The summed E-state index contributed by atoms with van der Waals surface area (Å²) in [6.07, 6.45) is 9.56. The summed E-state index contributed by atoms with van der Waals surface area (Å²) in [7, 11) is 0. The molecule has 1 heteroatoms. The molecule has 0 spiro atoms. The van der Waals surface area contributed by atoms with Crippen molar-refractivity contribution in [2.45, 2.75) is 38.6 Å². The fraction of sp³-hybridized carbons (Fsp3) is 0.400. The maximum atomic E-state index is 4.80. The summed E-state index contributed by atoms with van der Waals surface area (Å²) in [5.41, 5.74) is 2.39. The third-order valence-electron chi connectivity index (χ3n) is 3.03. The topological polar surface area (TPSA) is 12.4 Å². The fourth-order valence-electron chi connectivity index (χ4n) is 2.08. The molecule has 0 aliphatic heterocycles. The van der Waals surface area contributed by atoms with Crippen LogP contribution in [0.3, 0.4) is 0 Å². The van der Waals surface area contributed by atoms with Crippen molar-refractivity contribution in [1.82, 2.24) is 0 Å². The third kappa shape index (κ3) is 3.06. The Kier molecular flexibility index (Phi) is 3.92. The number of nitrogens with zero attached hydrogens (tertiary/aromatic N) is 1. The van der Waals surface area contributed by atoms with Gasteiger partial charge in [0.2, 0.25) is 0 Å². The van der Waals surface area contributed by atoms with E-state index in [9.17, 15) is 0 Å². The second-order valence-corrected chi connectivity index (χ2v) is 4.36. The highest BCUT2D eigenvalue weighted by molar-refractivity contribution is 5.98. The van der Waals surface area contributed by atoms with E-state index in [-0.39, 0.29) is 0 Å². The van der Waals surface area contributed by atoms with Crippen molar-refractivity contribution >= 4 is 5.71 Å². The Balaban J connectivity index is 2.11. The van der Waals surface area contributed by atoms with Crippen molar-refractivity contribution in [1.29, 1.82) is 0 Å². The first-order valence-electron chi connectivity index (χ1n) is 6.13. The summed E-state index contributed by atoms with van der Waals surface area (Å²) in [5.74, 6) is 0. The Labute approximate surface area is 97.9 Å². The Morgan fingerprint density at radius 1 is 1.19 bits per heavy atom. The molecule has 0 heterocycles. The summed E-state index contributed by atoms with van der Waals surface area (Å²) in [4.78, 5) is 4.80. The number of benzene rings is 1. The molecule has 1 unspecified atom stereocenters. The van der Waals surface area contributed by atoms with E-state index in [1.807, 2.05) is 6.07 Å². The van der Waals surface area contributed by atoms with E-state index >= 15 is 0 Å². The summed E-state index contributed by atoms with van der Waals surface area (Å²) >= 11 is 0. The van der Waals surface area contributed by atoms with E-state index in [0.717, 1.165) is 5.71 Å². The zero-order chi connectivity index (χ0) is 11.2. The van der Waals surface area contributed by atoms with Gasteiger partial charge < -0.3 is 0 Å². The van der Waals surface area contributed by atoms with E-state index < -0.39 is 0 Å². The molecule has 1 aromatic rings. The van der Waals surface area contributed by atoms with E-state index in [4.69, 9.17) is 4.99 Å². The average molecular weight is 213 g/mol. The lowest BCUT2D eigenvalue weighted by Gasteiger charge is -2.07. The van der Waals surface area contributed by atoms with Gasteiger partial charge in [-0.15, -0.1) is 0 Å². The van der Waals surface area contributed by atoms with E-state index in [1.165, 1.54) is 31.2 Å². The lowest BCUT2D eigenvalue weighted by atomic mass is 10.1. The molecule has 1 atom stereocenters.